The van der Waals surface area contributed by atoms with Gasteiger partial charge in [0.1, 0.15) is 5.82 Å². The third-order valence-electron chi connectivity index (χ3n) is 2.35. The Balaban J connectivity index is 2.47. The van der Waals surface area contributed by atoms with E-state index in [1.54, 1.807) is 0 Å². The minimum Gasteiger partial charge on any atom is -0.390 e. The standard InChI is InChI=1S/C11H8F4N2O/c12-10-2-1-8(3-9(10)11(13,14)15)17-4-7(5-18)16-6-17/h1-4,6,18H,5H2. The third-order valence-corrected chi connectivity index (χ3v) is 2.35. The van der Waals surface area contributed by atoms with Crippen LogP contribution in [0.25, 0.3) is 5.69 Å². The largest absolute Gasteiger partial charge is 0.419 e. The monoisotopic (exact) mass is 260 g/mol. The van der Waals surface area contributed by atoms with Gasteiger partial charge in [-0.05, 0) is 18.2 Å². The number of aliphatic hydroxyl groups is 1. The number of aromatic nitrogens is 2. The van der Waals surface area contributed by atoms with E-state index in [0.717, 1.165) is 6.07 Å². The number of imidazole rings is 1. The molecule has 0 aliphatic heterocycles. The van der Waals surface area contributed by atoms with Gasteiger partial charge < -0.3 is 9.67 Å². The molecule has 1 heterocycles. The van der Waals surface area contributed by atoms with E-state index in [2.05, 4.69) is 4.98 Å². The number of nitrogens with zero attached hydrogens (tertiary/aromatic N) is 2. The second-order valence-electron chi connectivity index (χ2n) is 3.59. The van der Waals surface area contributed by atoms with Crippen molar-refractivity contribution < 1.29 is 22.7 Å². The van der Waals surface area contributed by atoms with Crippen LogP contribution in [0.3, 0.4) is 0 Å². The van der Waals surface area contributed by atoms with Crippen LogP contribution in [0, 0.1) is 5.82 Å². The molecule has 0 amide bonds. The molecule has 1 aromatic carbocycles. The Kier molecular flexibility index (Phi) is 3.08. The van der Waals surface area contributed by atoms with E-state index in [1.165, 1.54) is 23.2 Å². The van der Waals surface area contributed by atoms with Crippen molar-refractivity contribution in [3.63, 3.8) is 0 Å². The first kappa shape index (κ1) is 12.6. The molecule has 18 heavy (non-hydrogen) atoms. The molecule has 0 atom stereocenters. The Hall–Kier alpha value is -1.89. The number of alkyl halides is 3. The second-order valence-corrected chi connectivity index (χ2v) is 3.59. The molecule has 0 aliphatic rings. The Morgan fingerprint density at radius 3 is 2.56 bits per heavy atom. The average molecular weight is 260 g/mol. The molecule has 2 rings (SSSR count). The van der Waals surface area contributed by atoms with Gasteiger partial charge in [0, 0.05) is 11.9 Å². The zero-order valence-corrected chi connectivity index (χ0v) is 8.95. The van der Waals surface area contributed by atoms with Crippen LogP contribution >= 0.6 is 0 Å². The van der Waals surface area contributed by atoms with Crippen LogP contribution in [-0.2, 0) is 12.8 Å². The Bertz CT molecular complexity index is 562. The Morgan fingerprint density at radius 1 is 1.28 bits per heavy atom. The number of hydrogen-bond acceptors (Lipinski definition) is 2. The fraction of sp³-hybridized carbons (Fsp3) is 0.182. The second kappa shape index (κ2) is 4.41. The Labute approximate surface area is 99.3 Å². The highest BCUT2D eigenvalue weighted by molar-refractivity contribution is 5.38. The van der Waals surface area contributed by atoms with Crippen molar-refractivity contribution in [3.8, 4) is 5.69 Å². The molecule has 0 aliphatic carbocycles. The Morgan fingerprint density at radius 2 is 2.00 bits per heavy atom. The summed E-state index contributed by atoms with van der Waals surface area (Å²) in [6.45, 7) is -0.319. The molecule has 0 unspecified atom stereocenters. The number of benzene rings is 1. The molecule has 0 saturated heterocycles. The molecule has 7 heteroatoms. The van der Waals surface area contributed by atoms with E-state index in [9.17, 15) is 17.6 Å². The van der Waals surface area contributed by atoms with Gasteiger partial charge in [0.05, 0.1) is 24.2 Å². The van der Waals surface area contributed by atoms with E-state index in [0.29, 0.717) is 11.8 Å². The summed E-state index contributed by atoms with van der Waals surface area (Å²) in [5.74, 6) is -1.33. The molecular weight excluding hydrogens is 252 g/mol. The summed E-state index contributed by atoms with van der Waals surface area (Å²) >= 11 is 0. The van der Waals surface area contributed by atoms with Gasteiger partial charge >= 0.3 is 6.18 Å². The minimum absolute atomic E-state index is 0.121. The van der Waals surface area contributed by atoms with Crippen molar-refractivity contribution in [2.45, 2.75) is 12.8 Å². The normalized spacial score (nSPS) is 11.8. The predicted octanol–water partition coefficient (Wildman–Crippen LogP) is 2.52. The fourth-order valence-electron chi connectivity index (χ4n) is 1.48. The van der Waals surface area contributed by atoms with Crippen molar-refractivity contribution in [1.29, 1.82) is 0 Å². The van der Waals surface area contributed by atoms with Gasteiger partial charge in [0.25, 0.3) is 0 Å². The molecule has 1 aromatic heterocycles. The zero-order valence-electron chi connectivity index (χ0n) is 8.95. The van der Waals surface area contributed by atoms with Gasteiger partial charge in [-0.2, -0.15) is 13.2 Å². The molecule has 0 bridgehead atoms. The van der Waals surface area contributed by atoms with E-state index >= 15 is 0 Å². The van der Waals surface area contributed by atoms with Crippen molar-refractivity contribution in [2.75, 3.05) is 0 Å². The molecule has 0 radical (unpaired) electrons. The van der Waals surface area contributed by atoms with E-state index in [1.807, 2.05) is 0 Å². The van der Waals surface area contributed by atoms with Gasteiger partial charge in [0.2, 0.25) is 0 Å². The smallest absolute Gasteiger partial charge is 0.390 e. The molecule has 1 N–H and O–H groups in total. The summed E-state index contributed by atoms with van der Waals surface area (Å²) in [6, 6.07) is 2.64. The lowest BCUT2D eigenvalue weighted by Crippen LogP contribution is -2.09. The number of aliphatic hydroxyl groups excluding tert-OH is 1. The number of rotatable bonds is 2. The van der Waals surface area contributed by atoms with Crippen LogP contribution in [-0.4, -0.2) is 14.7 Å². The lowest BCUT2D eigenvalue weighted by atomic mass is 10.2. The molecule has 3 nitrogen and oxygen atoms in total. The highest BCUT2D eigenvalue weighted by Gasteiger charge is 2.34. The highest BCUT2D eigenvalue weighted by atomic mass is 19.4. The summed E-state index contributed by atoms with van der Waals surface area (Å²) in [6.07, 6.45) is -2.13. The maximum Gasteiger partial charge on any atom is 0.419 e. The minimum atomic E-state index is -4.75. The first-order chi connectivity index (χ1) is 8.41. The van der Waals surface area contributed by atoms with Gasteiger partial charge in [-0.25, -0.2) is 9.37 Å². The van der Waals surface area contributed by atoms with Crippen LogP contribution in [0.2, 0.25) is 0 Å². The number of hydrogen-bond donors (Lipinski definition) is 1. The maximum atomic E-state index is 13.1. The molecule has 0 spiro atoms. The summed E-state index contributed by atoms with van der Waals surface area (Å²) in [7, 11) is 0. The predicted molar refractivity (Wildman–Crippen MR) is 54.4 cm³/mol. The number of halogens is 4. The first-order valence-electron chi connectivity index (χ1n) is 4.92. The fourth-order valence-corrected chi connectivity index (χ4v) is 1.48. The lowest BCUT2D eigenvalue weighted by molar-refractivity contribution is -0.140. The van der Waals surface area contributed by atoms with Crippen LogP contribution in [0.4, 0.5) is 17.6 Å². The lowest BCUT2D eigenvalue weighted by Gasteiger charge is -2.10. The third kappa shape index (κ3) is 2.35. The molecular formula is C11H8F4N2O. The van der Waals surface area contributed by atoms with E-state index in [-0.39, 0.29) is 12.3 Å². The molecule has 0 saturated carbocycles. The molecule has 2 aromatic rings. The molecule has 96 valence electrons. The van der Waals surface area contributed by atoms with Crippen LogP contribution in [0.1, 0.15) is 11.3 Å². The van der Waals surface area contributed by atoms with Gasteiger partial charge in [-0.1, -0.05) is 0 Å². The van der Waals surface area contributed by atoms with Gasteiger partial charge in [-0.3, -0.25) is 0 Å². The van der Waals surface area contributed by atoms with E-state index in [4.69, 9.17) is 5.11 Å². The van der Waals surface area contributed by atoms with Crippen molar-refractivity contribution in [3.05, 3.63) is 47.8 Å². The van der Waals surface area contributed by atoms with Crippen LogP contribution in [0.5, 0.6) is 0 Å². The average Bonchev–Trinajstić information content (AvgIpc) is 2.76. The van der Waals surface area contributed by atoms with Gasteiger partial charge in [-0.15, -0.1) is 0 Å². The molecule has 0 fully saturated rings. The van der Waals surface area contributed by atoms with Crippen LogP contribution < -0.4 is 0 Å². The van der Waals surface area contributed by atoms with Gasteiger partial charge in [0.15, 0.2) is 0 Å². The highest BCUT2D eigenvalue weighted by Crippen LogP contribution is 2.32. The quantitative estimate of drug-likeness (QED) is 0.842. The van der Waals surface area contributed by atoms with Crippen molar-refractivity contribution >= 4 is 0 Å². The zero-order chi connectivity index (χ0) is 13.3. The first-order valence-corrected chi connectivity index (χ1v) is 4.92. The van der Waals surface area contributed by atoms with E-state index < -0.39 is 17.6 Å². The summed E-state index contributed by atoms with van der Waals surface area (Å²) < 4.78 is 51.9. The summed E-state index contributed by atoms with van der Waals surface area (Å²) in [5.41, 5.74) is -0.900. The van der Waals surface area contributed by atoms with Crippen molar-refractivity contribution in [2.24, 2.45) is 0 Å². The SMILES string of the molecule is OCc1cn(-c2ccc(F)c(C(F)(F)F)c2)cn1. The van der Waals surface area contributed by atoms with Crippen molar-refractivity contribution in [1.82, 2.24) is 9.55 Å². The topological polar surface area (TPSA) is 38.0 Å². The van der Waals surface area contributed by atoms with Crippen LogP contribution in [0.15, 0.2) is 30.7 Å². The maximum absolute atomic E-state index is 13.1. The summed E-state index contributed by atoms with van der Waals surface area (Å²) in [4.78, 5) is 3.76. The summed E-state index contributed by atoms with van der Waals surface area (Å²) in [5, 5.41) is 8.81.